The molecule has 4 aromatic carbocycles. The summed E-state index contributed by atoms with van der Waals surface area (Å²) in [5.41, 5.74) is 3.43. The number of rotatable bonds is 7. The van der Waals surface area contributed by atoms with Crippen molar-refractivity contribution in [1.29, 1.82) is 0 Å². The van der Waals surface area contributed by atoms with Crippen LogP contribution < -0.4 is 4.31 Å². The second-order valence-electron chi connectivity index (χ2n) is 7.82. The average molecular weight is 466 g/mol. The summed E-state index contributed by atoms with van der Waals surface area (Å²) in [7, 11) is -3.97. The van der Waals surface area contributed by atoms with Gasteiger partial charge in [-0.15, -0.1) is 0 Å². The molecule has 0 aliphatic heterocycles. The molecule has 0 saturated heterocycles. The Labute approximate surface area is 199 Å². The van der Waals surface area contributed by atoms with Crippen LogP contribution >= 0.6 is 0 Å². The van der Waals surface area contributed by atoms with E-state index in [2.05, 4.69) is 0 Å². The minimum Gasteiger partial charge on any atom is -0.262 e. The number of benzene rings is 4. The third-order valence-electron chi connectivity index (χ3n) is 5.53. The van der Waals surface area contributed by atoms with Crippen LogP contribution in [0.2, 0.25) is 0 Å². The first-order valence-electron chi connectivity index (χ1n) is 11.0. The maximum absolute atomic E-state index is 14.2. The second-order valence-corrected chi connectivity index (χ2v) is 9.65. The first-order valence-corrected chi connectivity index (χ1v) is 12.4. The Morgan fingerprint density at radius 1 is 0.676 bits per heavy atom. The number of anilines is 1. The summed E-state index contributed by atoms with van der Waals surface area (Å²) < 4.78 is 31.6. The summed E-state index contributed by atoms with van der Waals surface area (Å²) in [6.45, 7) is 0.206. The standard InChI is InChI=1S/C28H23N3O2S/c32-34(33,31(26-19-11-4-12-20-26)21-23-13-5-1-6-14-23)27-22-30(25-17-9-3-10-18-25)29-28(27)24-15-7-2-8-16-24/h1-20,22H,21H2. The molecule has 0 unspecified atom stereocenters. The number of hydrogen-bond donors (Lipinski definition) is 0. The van der Waals surface area contributed by atoms with Gasteiger partial charge in [-0.05, 0) is 29.8 Å². The Kier molecular flexibility index (Phi) is 5.97. The zero-order valence-electron chi connectivity index (χ0n) is 18.4. The molecule has 5 aromatic rings. The molecule has 0 fully saturated rings. The van der Waals surface area contributed by atoms with Gasteiger partial charge in [-0.1, -0.05) is 97.1 Å². The Morgan fingerprint density at radius 3 is 1.82 bits per heavy atom. The fourth-order valence-electron chi connectivity index (χ4n) is 3.83. The van der Waals surface area contributed by atoms with Crippen LogP contribution in [0.5, 0.6) is 0 Å². The van der Waals surface area contributed by atoms with Crippen LogP contribution in [0.15, 0.2) is 132 Å². The van der Waals surface area contributed by atoms with Crippen molar-refractivity contribution in [1.82, 2.24) is 9.78 Å². The van der Waals surface area contributed by atoms with Crippen LogP contribution in [0.1, 0.15) is 5.56 Å². The largest absolute Gasteiger partial charge is 0.268 e. The van der Waals surface area contributed by atoms with Gasteiger partial charge in [-0.2, -0.15) is 5.10 Å². The number of nitrogens with zero attached hydrogens (tertiary/aromatic N) is 3. The molecule has 0 spiro atoms. The Bertz CT molecular complexity index is 1470. The molecule has 0 aliphatic rings. The monoisotopic (exact) mass is 465 g/mol. The fraction of sp³-hybridized carbons (Fsp3) is 0.0357. The van der Waals surface area contributed by atoms with Crippen LogP contribution in [-0.4, -0.2) is 18.2 Å². The lowest BCUT2D eigenvalue weighted by Gasteiger charge is -2.24. The minimum atomic E-state index is -3.97. The van der Waals surface area contributed by atoms with Gasteiger partial charge in [0.15, 0.2) is 0 Å². The summed E-state index contributed by atoms with van der Waals surface area (Å²) in [6.07, 6.45) is 1.61. The van der Waals surface area contributed by atoms with Crippen molar-refractivity contribution < 1.29 is 8.42 Å². The molecular weight excluding hydrogens is 442 g/mol. The SMILES string of the molecule is O=S(=O)(c1cn(-c2ccccc2)nc1-c1ccccc1)N(Cc1ccccc1)c1ccccc1. The van der Waals surface area contributed by atoms with E-state index in [1.54, 1.807) is 10.9 Å². The number of sulfonamides is 1. The van der Waals surface area contributed by atoms with E-state index >= 15 is 0 Å². The molecular formula is C28H23N3O2S. The van der Waals surface area contributed by atoms with Crippen LogP contribution in [-0.2, 0) is 16.6 Å². The van der Waals surface area contributed by atoms with Crippen LogP contribution in [0.3, 0.4) is 0 Å². The van der Waals surface area contributed by atoms with Gasteiger partial charge >= 0.3 is 0 Å². The summed E-state index contributed by atoms with van der Waals surface area (Å²) in [5.74, 6) is 0. The van der Waals surface area contributed by atoms with E-state index in [-0.39, 0.29) is 11.4 Å². The van der Waals surface area contributed by atoms with Gasteiger partial charge in [-0.3, -0.25) is 4.31 Å². The molecule has 0 amide bonds. The van der Waals surface area contributed by atoms with Gasteiger partial charge in [0.1, 0.15) is 10.6 Å². The molecule has 0 aliphatic carbocycles. The van der Waals surface area contributed by atoms with Gasteiger partial charge in [0.05, 0.1) is 24.1 Å². The molecule has 0 saturated carbocycles. The maximum atomic E-state index is 14.2. The number of para-hydroxylation sites is 2. The molecule has 1 aromatic heterocycles. The number of hydrogen-bond acceptors (Lipinski definition) is 3. The van der Waals surface area contributed by atoms with E-state index < -0.39 is 10.0 Å². The van der Waals surface area contributed by atoms with Crippen molar-refractivity contribution in [3.05, 3.63) is 133 Å². The van der Waals surface area contributed by atoms with Crippen molar-refractivity contribution in [3.63, 3.8) is 0 Å². The highest BCUT2D eigenvalue weighted by molar-refractivity contribution is 7.93. The van der Waals surface area contributed by atoms with E-state index in [9.17, 15) is 8.42 Å². The van der Waals surface area contributed by atoms with E-state index in [0.29, 0.717) is 11.4 Å². The summed E-state index contributed by atoms with van der Waals surface area (Å²) >= 11 is 0. The number of aromatic nitrogens is 2. The molecule has 0 bridgehead atoms. The summed E-state index contributed by atoms with van der Waals surface area (Å²) in [5, 5.41) is 4.71. The molecule has 5 rings (SSSR count). The Hall–Kier alpha value is -4.16. The Balaban J connectivity index is 1.68. The molecule has 0 N–H and O–H groups in total. The normalized spacial score (nSPS) is 11.3. The highest BCUT2D eigenvalue weighted by atomic mass is 32.2. The average Bonchev–Trinajstić information content (AvgIpc) is 3.36. The van der Waals surface area contributed by atoms with Crippen molar-refractivity contribution in [2.45, 2.75) is 11.4 Å². The smallest absolute Gasteiger partial charge is 0.262 e. The first-order chi connectivity index (χ1) is 16.6. The molecule has 168 valence electrons. The summed E-state index contributed by atoms with van der Waals surface area (Å²) in [4.78, 5) is 0.155. The molecule has 0 atom stereocenters. The zero-order valence-corrected chi connectivity index (χ0v) is 19.2. The molecule has 5 nitrogen and oxygen atoms in total. The lowest BCUT2D eigenvalue weighted by molar-refractivity contribution is 0.590. The van der Waals surface area contributed by atoms with Crippen molar-refractivity contribution in [2.75, 3.05) is 4.31 Å². The first kappa shape index (κ1) is 21.7. The highest BCUT2D eigenvalue weighted by Gasteiger charge is 2.31. The third kappa shape index (κ3) is 4.36. The predicted molar refractivity (Wildman–Crippen MR) is 135 cm³/mol. The molecule has 1 heterocycles. The summed E-state index contributed by atoms with van der Waals surface area (Å²) in [6, 6.07) is 37.7. The van der Waals surface area contributed by atoms with E-state index in [4.69, 9.17) is 5.10 Å². The fourth-order valence-corrected chi connectivity index (χ4v) is 5.42. The van der Waals surface area contributed by atoms with E-state index in [1.807, 2.05) is 121 Å². The van der Waals surface area contributed by atoms with E-state index in [0.717, 1.165) is 16.8 Å². The van der Waals surface area contributed by atoms with Crippen LogP contribution in [0.25, 0.3) is 16.9 Å². The van der Waals surface area contributed by atoms with Crippen LogP contribution in [0, 0.1) is 0 Å². The van der Waals surface area contributed by atoms with Crippen molar-refractivity contribution in [3.8, 4) is 16.9 Å². The van der Waals surface area contributed by atoms with Crippen molar-refractivity contribution in [2.24, 2.45) is 0 Å². The van der Waals surface area contributed by atoms with Crippen molar-refractivity contribution >= 4 is 15.7 Å². The second kappa shape index (κ2) is 9.37. The van der Waals surface area contributed by atoms with Crippen LogP contribution in [0.4, 0.5) is 5.69 Å². The topological polar surface area (TPSA) is 55.2 Å². The minimum absolute atomic E-state index is 0.155. The molecule has 6 heteroatoms. The third-order valence-corrected chi connectivity index (χ3v) is 7.30. The maximum Gasteiger partial charge on any atom is 0.268 e. The van der Waals surface area contributed by atoms with E-state index in [1.165, 1.54) is 4.31 Å². The Morgan fingerprint density at radius 2 is 1.21 bits per heavy atom. The highest BCUT2D eigenvalue weighted by Crippen LogP contribution is 2.33. The molecule has 0 radical (unpaired) electrons. The van der Waals surface area contributed by atoms with Gasteiger partial charge < -0.3 is 0 Å². The quantitative estimate of drug-likeness (QED) is 0.299. The zero-order chi connectivity index (χ0) is 23.4. The van der Waals surface area contributed by atoms with Gasteiger partial charge in [0, 0.05) is 5.56 Å². The van der Waals surface area contributed by atoms with Gasteiger partial charge in [0.25, 0.3) is 10.0 Å². The van der Waals surface area contributed by atoms with Gasteiger partial charge in [0.2, 0.25) is 0 Å². The lowest BCUT2D eigenvalue weighted by atomic mass is 10.2. The lowest BCUT2D eigenvalue weighted by Crippen LogP contribution is -2.30. The predicted octanol–water partition coefficient (Wildman–Crippen LogP) is 5.93. The molecule has 34 heavy (non-hydrogen) atoms. The van der Waals surface area contributed by atoms with Gasteiger partial charge in [-0.25, -0.2) is 13.1 Å².